The summed E-state index contributed by atoms with van der Waals surface area (Å²) in [5.74, 6) is 0. The lowest BCUT2D eigenvalue weighted by atomic mass is 10.0. The van der Waals surface area contributed by atoms with Gasteiger partial charge in [-0.05, 0) is 37.7 Å². The van der Waals surface area contributed by atoms with Gasteiger partial charge in [0.05, 0.1) is 5.69 Å². The van der Waals surface area contributed by atoms with Gasteiger partial charge in [0.25, 0.3) is 0 Å². The van der Waals surface area contributed by atoms with E-state index in [1.165, 1.54) is 52.4 Å². The Kier molecular flexibility index (Phi) is 2.98. The number of nitrogens with zero attached hydrogens (tertiary/aromatic N) is 1. The summed E-state index contributed by atoms with van der Waals surface area (Å²) in [6.45, 7) is 2.19. The van der Waals surface area contributed by atoms with Gasteiger partial charge in [-0.2, -0.15) is 0 Å². The standard InChI is InChI=1S/C15H17NS/c1-2-11-7-9-12(10-8-11)15-16-13-5-3-4-6-14(13)17-15/h7-10H,2-6H2,1H3. The molecule has 2 aromatic rings. The monoisotopic (exact) mass is 243 g/mol. The van der Waals surface area contributed by atoms with Crippen LogP contribution in [0.3, 0.4) is 0 Å². The predicted molar refractivity (Wildman–Crippen MR) is 73.6 cm³/mol. The van der Waals surface area contributed by atoms with Gasteiger partial charge in [0.2, 0.25) is 0 Å². The molecule has 1 heterocycles. The zero-order valence-electron chi connectivity index (χ0n) is 10.2. The molecule has 1 aromatic carbocycles. The molecule has 0 amide bonds. The molecule has 1 aromatic heterocycles. The maximum Gasteiger partial charge on any atom is 0.123 e. The van der Waals surface area contributed by atoms with Crippen molar-refractivity contribution in [1.29, 1.82) is 0 Å². The predicted octanol–water partition coefficient (Wildman–Crippen LogP) is 4.25. The molecule has 0 fully saturated rings. The highest BCUT2D eigenvalue weighted by Crippen LogP contribution is 2.32. The summed E-state index contributed by atoms with van der Waals surface area (Å²) in [5.41, 5.74) is 4.03. The number of rotatable bonds is 2. The van der Waals surface area contributed by atoms with E-state index in [2.05, 4.69) is 31.2 Å². The lowest BCUT2D eigenvalue weighted by molar-refractivity contribution is 0.682. The minimum atomic E-state index is 1.11. The van der Waals surface area contributed by atoms with Crippen molar-refractivity contribution in [3.05, 3.63) is 40.4 Å². The van der Waals surface area contributed by atoms with Crippen LogP contribution in [0.2, 0.25) is 0 Å². The van der Waals surface area contributed by atoms with E-state index in [1.54, 1.807) is 0 Å². The second-order valence-electron chi connectivity index (χ2n) is 4.65. The average Bonchev–Trinajstić information content (AvgIpc) is 2.82. The van der Waals surface area contributed by atoms with E-state index < -0.39 is 0 Å². The Bertz CT molecular complexity index is 487. The minimum absolute atomic E-state index is 1.11. The first-order valence-electron chi connectivity index (χ1n) is 6.44. The summed E-state index contributed by atoms with van der Waals surface area (Å²) in [5, 5.41) is 1.21. The first kappa shape index (κ1) is 11.0. The molecule has 0 saturated carbocycles. The van der Waals surface area contributed by atoms with Crippen molar-refractivity contribution in [3.8, 4) is 10.6 Å². The molecule has 1 aliphatic rings. The van der Waals surface area contributed by atoms with E-state index in [1.807, 2.05) is 11.3 Å². The van der Waals surface area contributed by atoms with Crippen LogP contribution in [0.15, 0.2) is 24.3 Å². The highest BCUT2D eigenvalue weighted by Gasteiger charge is 2.15. The van der Waals surface area contributed by atoms with Gasteiger partial charge in [-0.15, -0.1) is 11.3 Å². The summed E-state index contributed by atoms with van der Waals surface area (Å²) in [6, 6.07) is 8.86. The molecule has 2 heteroatoms. The van der Waals surface area contributed by atoms with Crippen LogP contribution in [0.4, 0.5) is 0 Å². The molecule has 0 spiro atoms. The lowest BCUT2D eigenvalue weighted by Gasteiger charge is -2.06. The molecule has 17 heavy (non-hydrogen) atoms. The van der Waals surface area contributed by atoms with Gasteiger partial charge >= 0.3 is 0 Å². The fraction of sp³-hybridized carbons (Fsp3) is 0.400. The molecule has 0 saturated heterocycles. The Hall–Kier alpha value is -1.15. The van der Waals surface area contributed by atoms with E-state index in [0.717, 1.165) is 6.42 Å². The van der Waals surface area contributed by atoms with Crippen molar-refractivity contribution in [3.63, 3.8) is 0 Å². The van der Waals surface area contributed by atoms with Crippen LogP contribution in [0.1, 0.15) is 35.9 Å². The van der Waals surface area contributed by atoms with Gasteiger partial charge in [-0.3, -0.25) is 0 Å². The largest absolute Gasteiger partial charge is 0.241 e. The molecular formula is C15H17NS. The number of aryl methyl sites for hydroxylation is 3. The van der Waals surface area contributed by atoms with Crippen LogP contribution < -0.4 is 0 Å². The Labute approximate surface area is 107 Å². The summed E-state index contributed by atoms with van der Waals surface area (Å²) in [7, 11) is 0. The topological polar surface area (TPSA) is 12.9 Å². The van der Waals surface area contributed by atoms with Crippen LogP contribution in [-0.2, 0) is 19.3 Å². The van der Waals surface area contributed by atoms with Crippen molar-refractivity contribution >= 4 is 11.3 Å². The molecule has 1 nitrogen and oxygen atoms in total. The van der Waals surface area contributed by atoms with E-state index in [-0.39, 0.29) is 0 Å². The molecule has 0 N–H and O–H groups in total. The van der Waals surface area contributed by atoms with Crippen LogP contribution in [0.5, 0.6) is 0 Å². The van der Waals surface area contributed by atoms with Crippen LogP contribution in [0.25, 0.3) is 10.6 Å². The fourth-order valence-corrected chi connectivity index (χ4v) is 3.51. The van der Waals surface area contributed by atoms with Crippen molar-refractivity contribution in [2.45, 2.75) is 39.0 Å². The molecule has 0 radical (unpaired) electrons. The van der Waals surface area contributed by atoms with Crippen molar-refractivity contribution in [1.82, 2.24) is 4.98 Å². The summed E-state index contributed by atoms with van der Waals surface area (Å²) in [6.07, 6.45) is 6.17. The third-order valence-electron chi connectivity index (χ3n) is 3.45. The number of aromatic nitrogens is 1. The lowest BCUT2D eigenvalue weighted by Crippen LogP contribution is -1.98. The molecule has 0 unspecified atom stereocenters. The SMILES string of the molecule is CCc1ccc(-c2nc3c(s2)CCCC3)cc1. The molecule has 3 rings (SSSR count). The van der Waals surface area contributed by atoms with E-state index in [0.29, 0.717) is 0 Å². The Morgan fingerprint density at radius 1 is 1.12 bits per heavy atom. The number of thiazole rings is 1. The molecule has 1 aliphatic carbocycles. The first-order valence-corrected chi connectivity index (χ1v) is 7.26. The Balaban J connectivity index is 1.94. The molecule has 0 aliphatic heterocycles. The van der Waals surface area contributed by atoms with Gasteiger partial charge in [-0.25, -0.2) is 4.98 Å². The van der Waals surface area contributed by atoms with Gasteiger partial charge in [-0.1, -0.05) is 31.2 Å². The normalized spacial score (nSPS) is 14.6. The second kappa shape index (κ2) is 4.61. The van der Waals surface area contributed by atoms with Crippen LogP contribution in [-0.4, -0.2) is 4.98 Å². The van der Waals surface area contributed by atoms with Crippen molar-refractivity contribution in [2.24, 2.45) is 0 Å². The Morgan fingerprint density at radius 3 is 2.59 bits per heavy atom. The maximum atomic E-state index is 4.80. The second-order valence-corrected chi connectivity index (χ2v) is 5.73. The first-order chi connectivity index (χ1) is 8.36. The van der Waals surface area contributed by atoms with Crippen LogP contribution >= 0.6 is 11.3 Å². The summed E-state index contributed by atoms with van der Waals surface area (Å²) < 4.78 is 0. The smallest absolute Gasteiger partial charge is 0.123 e. The van der Waals surface area contributed by atoms with Crippen LogP contribution in [0, 0.1) is 0 Å². The molecular weight excluding hydrogens is 226 g/mol. The number of fused-ring (bicyclic) bond motifs is 1. The average molecular weight is 243 g/mol. The van der Waals surface area contributed by atoms with Gasteiger partial charge in [0.15, 0.2) is 0 Å². The highest BCUT2D eigenvalue weighted by molar-refractivity contribution is 7.15. The highest BCUT2D eigenvalue weighted by atomic mass is 32.1. The third kappa shape index (κ3) is 2.14. The van der Waals surface area contributed by atoms with Gasteiger partial charge in [0, 0.05) is 10.4 Å². The number of hydrogen-bond acceptors (Lipinski definition) is 2. The maximum absolute atomic E-state index is 4.80. The van der Waals surface area contributed by atoms with Crippen molar-refractivity contribution in [2.75, 3.05) is 0 Å². The quantitative estimate of drug-likeness (QED) is 0.768. The molecule has 88 valence electrons. The van der Waals surface area contributed by atoms with Gasteiger partial charge < -0.3 is 0 Å². The van der Waals surface area contributed by atoms with E-state index in [9.17, 15) is 0 Å². The van der Waals surface area contributed by atoms with E-state index >= 15 is 0 Å². The summed E-state index contributed by atoms with van der Waals surface area (Å²) >= 11 is 1.89. The zero-order valence-corrected chi connectivity index (χ0v) is 11.0. The summed E-state index contributed by atoms with van der Waals surface area (Å²) in [4.78, 5) is 6.31. The van der Waals surface area contributed by atoms with E-state index in [4.69, 9.17) is 4.98 Å². The number of benzene rings is 1. The molecule has 0 atom stereocenters. The Morgan fingerprint density at radius 2 is 1.88 bits per heavy atom. The number of hydrogen-bond donors (Lipinski definition) is 0. The van der Waals surface area contributed by atoms with Gasteiger partial charge in [0.1, 0.15) is 5.01 Å². The van der Waals surface area contributed by atoms with Crippen molar-refractivity contribution < 1.29 is 0 Å². The zero-order chi connectivity index (χ0) is 11.7. The molecule has 0 bridgehead atoms. The minimum Gasteiger partial charge on any atom is -0.241 e. The third-order valence-corrected chi connectivity index (χ3v) is 4.66. The fourth-order valence-electron chi connectivity index (χ4n) is 2.36.